The van der Waals surface area contributed by atoms with Gasteiger partial charge in [-0.3, -0.25) is 0 Å². The monoisotopic (exact) mass is 402 g/mol. The molecule has 0 aliphatic carbocycles. The maximum absolute atomic E-state index is 10.6. The number of phenolic OH excluding ortho intramolecular Hbond substituents is 1. The third kappa shape index (κ3) is 3.61. The molecule has 0 amide bonds. The SMILES string of the molecule is Cc1ncc(-c2ccc(-c3ccc(N(C)C4CC5CC[C@H](C4)N5)nn3)c(O)c2)cn1. The van der Waals surface area contributed by atoms with Gasteiger partial charge in [-0.2, -0.15) is 0 Å². The van der Waals surface area contributed by atoms with Gasteiger partial charge in [-0.15, -0.1) is 10.2 Å². The molecule has 1 aromatic carbocycles. The Labute approximate surface area is 176 Å². The minimum atomic E-state index is 0.165. The van der Waals surface area contributed by atoms with E-state index >= 15 is 0 Å². The van der Waals surface area contributed by atoms with Crippen molar-refractivity contribution >= 4 is 5.82 Å². The Morgan fingerprint density at radius 2 is 1.70 bits per heavy atom. The highest BCUT2D eigenvalue weighted by Gasteiger charge is 2.35. The molecule has 0 spiro atoms. The van der Waals surface area contributed by atoms with Gasteiger partial charge in [0.2, 0.25) is 0 Å². The van der Waals surface area contributed by atoms with Gasteiger partial charge in [0.1, 0.15) is 11.6 Å². The molecule has 2 fully saturated rings. The summed E-state index contributed by atoms with van der Waals surface area (Å²) in [5.74, 6) is 1.76. The normalized spacial score (nSPS) is 22.8. The molecule has 2 aliphatic heterocycles. The summed E-state index contributed by atoms with van der Waals surface area (Å²) in [4.78, 5) is 10.7. The lowest BCUT2D eigenvalue weighted by Crippen LogP contribution is -2.47. The number of hydrogen-bond acceptors (Lipinski definition) is 7. The zero-order chi connectivity index (χ0) is 20.7. The number of anilines is 1. The van der Waals surface area contributed by atoms with Crippen LogP contribution in [0.3, 0.4) is 0 Å². The summed E-state index contributed by atoms with van der Waals surface area (Å²) in [6, 6.07) is 11.2. The van der Waals surface area contributed by atoms with E-state index in [-0.39, 0.29) is 5.75 Å². The second-order valence-corrected chi connectivity index (χ2v) is 8.40. The molecule has 2 unspecified atom stereocenters. The van der Waals surface area contributed by atoms with Gasteiger partial charge >= 0.3 is 0 Å². The van der Waals surface area contributed by atoms with Gasteiger partial charge in [-0.1, -0.05) is 6.07 Å². The lowest BCUT2D eigenvalue weighted by molar-refractivity contribution is 0.353. The number of aromatic hydroxyl groups is 1. The van der Waals surface area contributed by atoms with Crippen LogP contribution in [0.2, 0.25) is 0 Å². The maximum Gasteiger partial charge on any atom is 0.151 e. The van der Waals surface area contributed by atoms with Gasteiger partial charge in [0, 0.05) is 48.7 Å². The Morgan fingerprint density at radius 1 is 0.967 bits per heavy atom. The van der Waals surface area contributed by atoms with Gasteiger partial charge in [0.25, 0.3) is 0 Å². The first-order chi connectivity index (χ1) is 14.6. The first-order valence-electron chi connectivity index (χ1n) is 10.5. The Bertz CT molecular complexity index is 1020. The lowest BCUT2D eigenvalue weighted by atomic mass is 9.98. The largest absolute Gasteiger partial charge is 0.507 e. The van der Waals surface area contributed by atoms with Crippen molar-refractivity contribution in [3.8, 4) is 28.1 Å². The Hall–Kier alpha value is -3.06. The number of fused-ring (bicyclic) bond motifs is 2. The molecular formula is C23H26N6O. The van der Waals surface area contributed by atoms with Crippen LogP contribution in [0.4, 0.5) is 5.82 Å². The minimum absolute atomic E-state index is 0.165. The Kier molecular flexibility index (Phi) is 4.83. The first kappa shape index (κ1) is 18.9. The molecule has 3 aromatic rings. The number of aryl methyl sites for hydroxylation is 1. The molecular weight excluding hydrogens is 376 g/mol. The fourth-order valence-corrected chi connectivity index (χ4v) is 4.66. The molecule has 2 N–H and O–H groups in total. The number of nitrogens with zero attached hydrogens (tertiary/aromatic N) is 5. The highest BCUT2D eigenvalue weighted by molar-refractivity contribution is 5.73. The molecule has 2 saturated heterocycles. The van der Waals surface area contributed by atoms with E-state index in [0.29, 0.717) is 29.4 Å². The summed E-state index contributed by atoms with van der Waals surface area (Å²) < 4.78 is 0. The molecule has 3 atom stereocenters. The van der Waals surface area contributed by atoms with Crippen LogP contribution in [0.15, 0.2) is 42.7 Å². The molecule has 2 aromatic heterocycles. The predicted octanol–water partition coefficient (Wildman–Crippen LogP) is 3.33. The highest BCUT2D eigenvalue weighted by Crippen LogP contribution is 2.34. The topological polar surface area (TPSA) is 87.1 Å². The standard InChI is InChI=1S/C23H26N6O/c1-14-24-12-16(13-25-14)15-3-6-20(22(30)9-15)21-7-8-23(28-27-21)29(2)19-10-17-4-5-18(11-19)26-17/h3,6-9,12-13,17-19,26,30H,4-5,10-11H2,1-2H3/t17-,18?,19?/m1/s1. The zero-order valence-electron chi connectivity index (χ0n) is 17.3. The van der Waals surface area contributed by atoms with Gasteiger partial charge in [-0.25, -0.2) is 9.97 Å². The number of benzene rings is 1. The van der Waals surface area contributed by atoms with E-state index in [0.717, 1.165) is 35.6 Å². The number of nitrogens with one attached hydrogen (secondary N) is 1. The van der Waals surface area contributed by atoms with E-state index in [2.05, 4.69) is 37.4 Å². The van der Waals surface area contributed by atoms with Crippen molar-refractivity contribution in [2.24, 2.45) is 0 Å². The van der Waals surface area contributed by atoms with Crippen LogP contribution < -0.4 is 10.2 Å². The van der Waals surface area contributed by atoms with E-state index in [9.17, 15) is 5.11 Å². The zero-order valence-corrected chi connectivity index (χ0v) is 17.3. The van der Waals surface area contributed by atoms with Crippen LogP contribution in [-0.4, -0.2) is 50.4 Å². The number of aromatic nitrogens is 4. The highest BCUT2D eigenvalue weighted by atomic mass is 16.3. The van der Waals surface area contributed by atoms with Gasteiger partial charge in [0.15, 0.2) is 5.82 Å². The fraction of sp³-hybridized carbons (Fsp3) is 0.391. The van der Waals surface area contributed by atoms with Crippen molar-refractivity contribution in [2.45, 2.75) is 50.7 Å². The van der Waals surface area contributed by atoms with Crippen molar-refractivity contribution in [1.82, 2.24) is 25.5 Å². The number of rotatable bonds is 4. The maximum atomic E-state index is 10.6. The molecule has 4 heterocycles. The Morgan fingerprint density at radius 3 is 2.33 bits per heavy atom. The molecule has 7 heteroatoms. The second kappa shape index (κ2) is 7.65. The van der Waals surface area contributed by atoms with Crippen molar-refractivity contribution < 1.29 is 5.11 Å². The van der Waals surface area contributed by atoms with Crippen LogP contribution in [-0.2, 0) is 0 Å². The van der Waals surface area contributed by atoms with Crippen molar-refractivity contribution in [3.05, 3.63) is 48.5 Å². The molecule has 0 saturated carbocycles. The third-order valence-corrected chi connectivity index (χ3v) is 6.40. The quantitative estimate of drug-likeness (QED) is 0.692. The van der Waals surface area contributed by atoms with Gasteiger partial charge < -0.3 is 15.3 Å². The van der Waals surface area contributed by atoms with Crippen LogP contribution in [0.5, 0.6) is 5.75 Å². The van der Waals surface area contributed by atoms with Crippen molar-refractivity contribution in [2.75, 3.05) is 11.9 Å². The summed E-state index contributed by atoms with van der Waals surface area (Å²) in [5.41, 5.74) is 3.04. The molecule has 30 heavy (non-hydrogen) atoms. The van der Waals surface area contributed by atoms with Gasteiger partial charge in [0.05, 0.1) is 5.69 Å². The van der Waals surface area contributed by atoms with E-state index in [1.165, 1.54) is 12.8 Å². The van der Waals surface area contributed by atoms with Crippen LogP contribution >= 0.6 is 0 Å². The van der Waals surface area contributed by atoms with Crippen molar-refractivity contribution in [3.63, 3.8) is 0 Å². The minimum Gasteiger partial charge on any atom is -0.507 e. The smallest absolute Gasteiger partial charge is 0.151 e. The summed E-state index contributed by atoms with van der Waals surface area (Å²) in [6.07, 6.45) is 8.39. The lowest BCUT2D eigenvalue weighted by Gasteiger charge is -2.36. The summed E-state index contributed by atoms with van der Waals surface area (Å²) in [5, 5.41) is 23.1. The molecule has 7 nitrogen and oxygen atoms in total. The van der Waals surface area contributed by atoms with Crippen LogP contribution in [0, 0.1) is 6.92 Å². The summed E-state index contributed by atoms with van der Waals surface area (Å²) >= 11 is 0. The van der Waals surface area contributed by atoms with Crippen LogP contribution in [0.1, 0.15) is 31.5 Å². The fourth-order valence-electron chi connectivity index (χ4n) is 4.66. The molecule has 5 rings (SSSR count). The molecule has 2 aliphatic rings. The predicted molar refractivity (Wildman–Crippen MR) is 116 cm³/mol. The summed E-state index contributed by atoms with van der Waals surface area (Å²) in [7, 11) is 2.11. The molecule has 2 bridgehead atoms. The molecule has 0 radical (unpaired) electrons. The average Bonchev–Trinajstić information content (AvgIpc) is 3.11. The van der Waals surface area contributed by atoms with E-state index < -0.39 is 0 Å². The first-order valence-corrected chi connectivity index (χ1v) is 10.5. The molecule has 154 valence electrons. The van der Waals surface area contributed by atoms with E-state index in [4.69, 9.17) is 0 Å². The van der Waals surface area contributed by atoms with Gasteiger partial charge in [-0.05, 0) is 62.4 Å². The second-order valence-electron chi connectivity index (χ2n) is 8.40. The van der Waals surface area contributed by atoms with E-state index in [1.54, 1.807) is 18.5 Å². The average molecular weight is 403 g/mol. The van der Waals surface area contributed by atoms with E-state index in [1.807, 2.05) is 31.2 Å². The number of phenols is 1. The number of piperidine rings is 1. The Balaban J connectivity index is 1.34. The summed E-state index contributed by atoms with van der Waals surface area (Å²) in [6.45, 7) is 1.85. The third-order valence-electron chi connectivity index (χ3n) is 6.40. The van der Waals surface area contributed by atoms with Crippen LogP contribution in [0.25, 0.3) is 22.4 Å². The van der Waals surface area contributed by atoms with Crippen molar-refractivity contribution in [1.29, 1.82) is 0 Å². The number of hydrogen-bond donors (Lipinski definition) is 2.